The normalized spacial score (nSPS) is 11.9. The third-order valence-electron chi connectivity index (χ3n) is 2.40. The molecule has 1 aromatic heterocycles. The van der Waals surface area contributed by atoms with Crippen LogP contribution in [0.4, 0.5) is 9.18 Å². The molecule has 0 aliphatic carbocycles. The largest absolute Gasteiger partial charge is 0.443 e. The van der Waals surface area contributed by atoms with Crippen molar-refractivity contribution in [2.24, 2.45) is 0 Å². The summed E-state index contributed by atoms with van der Waals surface area (Å²) in [5.74, 6) is -0.506. The van der Waals surface area contributed by atoms with Crippen molar-refractivity contribution >= 4 is 51.2 Å². The fourth-order valence-electron chi connectivity index (χ4n) is 1.71. The van der Waals surface area contributed by atoms with Crippen molar-refractivity contribution in [3.8, 4) is 0 Å². The van der Waals surface area contributed by atoms with Crippen molar-refractivity contribution in [1.82, 2.24) is 4.57 Å². The van der Waals surface area contributed by atoms with E-state index >= 15 is 0 Å². The molecule has 6 heteroatoms. The van der Waals surface area contributed by atoms with Crippen LogP contribution in [0.15, 0.2) is 18.2 Å². The van der Waals surface area contributed by atoms with E-state index < -0.39 is 17.5 Å². The molecule has 2 rings (SSSR count). The van der Waals surface area contributed by atoms with Gasteiger partial charge in [-0.05, 0) is 49.4 Å². The van der Waals surface area contributed by atoms with Crippen molar-refractivity contribution in [1.29, 1.82) is 0 Å². The van der Waals surface area contributed by atoms with E-state index in [4.69, 9.17) is 16.3 Å². The summed E-state index contributed by atoms with van der Waals surface area (Å²) >= 11 is 8.10. The minimum atomic E-state index is -0.685. The Hall–Kier alpha value is -0.820. The van der Waals surface area contributed by atoms with Gasteiger partial charge in [-0.3, -0.25) is 0 Å². The quantitative estimate of drug-likeness (QED) is 0.599. The summed E-state index contributed by atoms with van der Waals surface area (Å²) < 4.78 is 20.9. The SMILES string of the molecule is CC(C)(C)OC(=O)n1c(Cl)c(I)c2cccc(F)c21. The van der Waals surface area contributed by atoms with E-state index in [2.05, 4.69) is 0 Å². The first-order valence-corrected chi connectivity index (χ1v) is 7.05. The number of para-hydroxylation sites is 1. The van der Waals surface area contributed by atoms with Crippen LogP contribution < -0.4 is 0 Å². The Morgan fingerprint density at radius 3 is 2.63 bits per heavy atom. The Morgan fingerprint density at radius 1 is 1.42 bits per heavy atom. The van der Waals surface area contributed by atoms with E-state index in [1.54, 1.807) is 32.9 Å². The average molecular weight is 396 g/mol. The third kappa shape index (κ3) is 2.72. The van der Waals surface area contributed by atoms with Crippen LogP contribution in [0.25, 0.3) is 10.9 Å². The number of nitrogens with zero attached hydrogens (tertiary/aromatic N) is 1. The predicted octanol–water partition coefficient (Wildman–Crippen LogP) is 4.82. The highest BCUT2D eigenvalue weighted by molar-refractivity contribution is 14.1. The highest BCUT2D eigenvalue weighted by Crippen LogP contribution is 2.33. The van der Waals surface area contributed by atoms with Crippen molar-refractivity contribution < 1.29 is 13.9 Å². The van der Waals surface area contributed by atoms with Gasteiger partial charge in [0.25, 0.3) is 0 Å². The van der Waals surface area contributed by atoms with Crippen LogP contribution in [-0.4, -0.2) is 16.3 Å². The van der Waals surface area contributed by atoms with Gasteiger partial charge in [0.15, 0.2) is 0 Å². The number of aromatic nitrogens is 1. The minimum Gasteiger partial charge on any atom is -0.443 e. The highest BCUT2D eigenvalue weighted by Gasteiger charge is 2.25. The van der Waals surface area contributed by atoms with Crippen molar-refractivity contribution in [3.63, 3.8) is 0 Å². The van der Waals surface area contributed by atoms with E-state index in [-0.39, 0.29) is 10.7 Å². The maximum absolute atomic E-state index is 13.9. The summed E-state index contributed by atoms with van der Waals surface area (Å²) in [5.41, 5.74) is -0.528. The smallest absolute Gasteiger partial charge is 0.420 e. The number of fused-ring (bicyclic) bond motifs is 1. The number of carbonyl (C=O) groups excluding carboxylic acids is 1. The van der Waals surface area contributed by atoms with Crippen molar-refractivity contribution in [2.45, 2.75) is 26.4 Å². The molecule has 0 N–H and O–H groups in total. The lowest BCUT2D eigenvalue weighted by atomic mass is 10.2. The second-order valence-corrected chi connectivity index (χ2v) is 6.49. The second kappa shape index (κ2) is 4.94. The highest BCUT2D eigenvalue weighted by atomic mass is 127. The molecule has 102 valence electrons. The molecule has 19 heavy (non-hydrogen) atoms. The molecule has 0 unspecified atom stereocenters. The summed E-state index contributed by atoms with van der Waals surface area (Å²) in [6.45, 7) is 5.23. The van der Waals surface area contributed by atoms with Crippen molar-refractivity contribution in [3.05, 3.63) is 32.7 Å². The fourth-order valence-corrected chi connectivity index (χ4v) is 2.64. The Labute approximate surface area is 128 Å². The van der Waals surface area contributed by atoms with E-state index in [1.165, 1.54) is 6.07 Å². The Morgan fingerprint density at radius 2 is 2.05 bits per heavy atom. The van der Waals surface area contributed by atoms with Crippen LogP contribution in [0.1, 0.15) is 20.8 Å². The van der Waals surface area contributed by atoms with Gasteiger partial charge in [-0.1, -0.05) is 23.7 Å². The molecule has 0 amide bonds. The molecular formula is C13H12ClFINO2. The van der Waals surface area contributed by atoms with E-state index in [0.29, 0.717) is 8.96 Å². The maximum Gasteiger partial charge on any atom is 0.420 e. The van der Waals surface area contributed by atoms with E-state index in [9.17, 15) is 9.18 Å². The number of halogens is 3. The lowest BCUT2D eigenvalue weighted by Crippen LogP contribution is -2.27. The van der Waals surface area contributed by atoms with Gasteiger partial charge in [0.1, 0.15) is 16.6 Å². The number of benzene rings is 1. The zero-order chi connectivity index (χ0) is 14.4. The zero-order valence-corrected chi connectivity index (χ0v) is 13.5. The van der Waals surface area contributed by atoms with Crippen LogP contribution >= 0.6 is 34.2 Å². The van der Waals surface area contributed by atoms with Gasteiger partial charge in [-0.15, -0.1) is 0 Å². The van der Waals surface area contributed by atoms with Gasteiger partial charge >= 0.3 is 6.09 Å². The van der Waals surface area contributed by atoms with Crippen LogP contribution in [0.2, 0.25) is 5.15 Å². The van der Waals surface area contributed by atoms with Crippen LogP contribution in [0, 0.1) is 9.39 Å². The first kappa shape index (κ1) is 14.6. The van der Waals surface area contributed by atoms with Crippen LogP contribution in [-0.2, 0) is 4.74 Å². The number of rotatable bonds is 0. The van der Waals surface area contributed by atoms with Crippen molar-refractivity contribution in [2.75, 3.05) is 0 Å². The topological polar surface area (TPSA) is 31.2 Å². The van der Waals surface area contributed by atoms with E-state index in [1.807, 2.05) is 22.6 Å². The molecule has 1 heterocycles. The van der Waals surface area contributed by atoms with Gasteiger partial charge in [0.05, 0.1) is 9.09 Å². The van der Waals surface area contributed by atoms with Gasteiger partial charge in [0, 0.05) is 5.39 Å². The first-order chi connectivity index (χ1) is 8.72. The molecule has 1 aromatic carbocycles. The summed E-state index contributed by atoms with van der Waals surface area (Å²) in [7, 11) is 0. The second-order valence-electron chi connectivity index (χ2n) is 5.06. The molecule has 0 saturated heterocycles. The molecule has 0 spiro atoms. The molecule has 0 fully saturated rings. The number of carbonyl (C=O) groups is 1. The Balaban J connectivity index is 2.67. The first-order valence-electron chi connectivity index (χ1n) is 5.59. The maximum atomic E-state index is 13.9. The summed E-state index contributed by atoms with van der Waals surface area (Å²) in [6.07, 6.45) is -0.685. The fraction of sp³-hybridized carbons (Fsp3) is 0.308. The Bertz CT molecular complexity index is 661. The zero-order valence-electron chi connectivity index (χ0n) is 10.6. The molecule has 0 atom stereocenters. The lowest BCUT2D eigenvalue weighted by Gasteiger charge is -2.20. The summed E-state index contributed by atoms with van der Waals surface area (Å²) in [6, 6.07) is 4.58. The summed E-state index contributed by atoms with van der Waals surface area (Å²) in [5, 5.41) is 0.756. The number of hydrogen-bond acceptors (Lipinski definition) is 2. The molecule has 3 nitrogen and oxygen atoms in total. The molecule has 0 radical (unpaired) electrons. The summed E-state index contributed by atoms with van der Waals surface area (Å²) in [4.78, 5) is 12.1. The van der Waals surface area contributed by atoms with Gasteiger partial charge in [0.2, 0.25) is 0 Å². The monoisotopic (exact) mass is 395 g/mol. The van der Waals surface area contributed by atoms with Crippen LogP contribution in [0.5, 0.6) is 0 Å². The number of ether oxygens (including phenoxy) is 1. The molecule has 0 aliphatic heterocycles. The average Bonchev–Trinajstić information content (AvgIpc) is 2.52. The molecular weight excluding hydrogens is 384 g/mol. The molecule has 2 aromatic rings. The predicted molar refractivity (Wildman–Crippen MR) is 81.3 cm³/mol. The van der Waals surface area contributed by atoms with Gasteiger partial charge < -0.3 is 4.74 Å². The number of hydrogen-bond donors (Lipinski definition) is 0. The standard InChI is InChI=1S/C13H12ClFINO2/c1-13(2,3)19-12(18)17-10-7(9(16)11(17)14)5-4-6-8(10)15/h4-6H,1-3H3. The Kier molecular flexibility index (Phi) is 3.79. The van der Waals surface area contributed by atoms with E-state index in [0.717, 1.165) is 4.57 Å². The minimum absolute atomic E-state index is 0.145. The lowest BCUT2D eigenvalue weighted by molar-refractivity contribution is 0.0544. The molecule has 0 bridgehead atoms. The van der Waals surface area contributed by atoms with Gasteiger partial charge in [-0.25, -0.2) is 13.8 Å². The molecule has 0 aliphatic rings. The third-order valence-corrected chi connectivity index (χ3v) is 4.17. The van der Waals surface area contributed by atoms with Gasteiger partial charge in [-0.2, -0.15) is 0 Å². The molecule has 0 saturated carbocycles. The van der Waals surface area contributed by atoms with Crippen LogP contribution in [0.3, 0.4) is 0 Å².